The highest BCUT2D eigenvalue weighted by molar-refractivity contribution is 5.94. The van der Waals surface area contributed by atoms with Gasteiger partial charge in [-0.2, -0.15) is 5.10 Å². The average molecular weight is 493 g/mol. The molecule has 0 bridgehead atoms. The summed E-state index contributed by atoms with van der Waals surface area (Å²) in [7, 11) is 0. The second-order valence-electron chi connectivity index (χ2n) is 9.15. The number of hydrogen-bond acceptors (Lipinski definition) is 6. The van der Waals surface area contributed by atoms with E-state index in [-0.39, 0.29) is 11.9 Å². The Morgan fingerprint density at radius 1 is 1.16 bits per heavy atom. The number of imidazole rings is 1. The van der Waals surface area contributed by atoms with Crippen molar-refractivity contribution in [2.75, 3.05) is 18.0 Å². The van der Waals surface area contributed by atoms with Crippen LogP contribution in [0.25, 0.3) is 39.3 Å². The predicted molar refractivity (Wildman–Crippen MR) is 143 cm³/mol. The maximum absolute atomic E-state index is 14.0. The van der Waals surface area contributed by atoms with E-state index in [4.69, 9.17) is 15.7 Å². The second kappa shape index (κ2) is 9.11. The minimum Gasteiger partial charge on any atom is -0.352 e. The number of nitrogens with one attached hydrogen (secondary N) is 2. The lowest BCUT2D eigenvalue weighted by Crippen LogP contribution is -2.56. The van der Waals surface area contributed by atoms with Crippen LogP contribution in [-0.2, 0) is 0 Å². The van der Waals surface area contributed by atoms with Crippen LogP contribution in [0.2, 0.25) is 0 Å². The van der Waals surface area contributed by atoms with Crippen LogP contribution in [0.1, 0.15) is 17.0 Å². The topological polar surface area (TPSA) is 112 Å². The molecule has 1 aliphatic rings. The van der Waals surface area contributed by atoms with Crippen LogP contribution in [0.15, 0.2) is 73.6 Å². The number of hydrogen-bond donors (Lipinski definition) is 3. The maximum atomic E-state index is 14.0. The largest absolute Gasteiger partial charge is 0.352 e. The zero-order valence-electron chi connectivity index (χ0n) is 20.2. The summed E-state index contributed by atoms with van der Waals surface area (Å²) in [5.74, 6) is 1.12. The van der Waals surface area contributed by atoms with Crippen molar-refractivity contribution in [1.82, 2.24) is 30.1 Å². The number of aromatic nitrogens is 6. The number of H-pyrrole nitrogens is 2. The number of nitrogens with two attached hydrogens (primary N) is 1. The molecule has 1 fully saturated rings. The van der Waals surface area contributed by atoms with Crippen molar-refractivity contribution in [3.63, 3.8) is 0 Å². The highest BCUT2D eigenvalue weighted by atomic mass is 19.1. The molecule has 8 nitrogen and oxygen atoms in total. The third-order valence-electron chi connectivity index (χ3n) is 6.50. The summed E-state index contributed by atoms with van der Waals surface area (Å²) in [6.07, 6.45) is 7.02. The summed E-state index contributed by atoms with van der Waals surface area (Å²) < 4.78 is 14.0. The number of rotatable bonds is 6. The normalized spacial score (nSPS) is 14.2. The van der Waals surface area contributed by atoms with Crippen molar-refractivity contribution >= 4 is 22.3 Å². The third-order valence-corrected chi connectivity index (χ3v) is 6.50. The Morgan fingerprint density at radius 2 is 2.03 bits per heavy atom. The molecule has 0 unspecified atom stereocenters. The molecule has 37 heavy (non-hydrogen) atoms. The van der Waals surface area contributed by atoms with Gasteiger partial charge in [0.05, 0.1) is 29.3 Å². The molecule has 1 saturated heterocycles. The molecular formula is C28H25FN8. The molecule has 0 atom stereocenters. The second-order valence-corrected chi connectivity index (χ2v) is 9.15. The molecule has 9 heteroatoms. The highest BCUT2D eigenvalue weighted by Gasteiger charge is 2.25. The van der Waals surface area contributed by atoms with Crippen LogP contribution in [-0.4, -0.2) is 49.3 Å². The van der Waals surface area contributed by atoms with Crippen LogP contribution in [0.3, 0.4) is 0 Å². The van der Waals surface area contributed by atoms with Gasteiger partial charge < -0.3 is 15.6 Å². The van der Waals surface area contributed by atoms with Gasteiger partial charge in [0.1, 0.15) is 17.3 Å². The van der Waals surface area contributed by atoms with E-state index in [1.54, 1.807) is 24.5 Å². The summed E-state index contributed by atoms with van der Waals surface area (Å²) in [5.41, 5.74) is 12.2. The van der Waals surface area contributed by atoms with E-state index >= 15 is 0 Å². The van der Waals surface area contributed by atoms with Gasteiger partial charge in [-0.05, 0) is 36.8 Å². The first-order chi connectivity index (χ1) is 18.0. The van der Waals surface area contributed by atoms with Gasteiger partial charge in [0, 0.05) is 41.3 Å². The monoisotopic (exact) mass is 492 g/mol. The number of fused-ring (bicyclic) bond motifs is 1. The Morgan fingerprint density at radius 3 is 2.81 bits per heavy atom. The Labute approximate surface area is 212 Å². The predicted octanol–water partition coefficient (Wildman–Crippen LogP) is 4.62. The fourth-order valence-corrected chi connectivity index (χ4v) is 4.62. The van der Waals surface area contributed by atoms with E-state index in [9.17, 15) is 4.39 Å². The van der Waals surface area contributed by atoms with Crippen molar-refractivity contribution < 1.29 is 4.39 Å². The van der Waals surface area contributed by atoms with E-state index in [1.807, 2.05) is 37.3 Å². The minimum atomic E-state index is -0.309. The number of aryl methyl sites for hydroxylation is 1. The average Bonchev–Trinajstić information content (AvgIpc) is 3.48. The number of aromatic amines is 2. The van der Waals surface area contributed by atoms with Crippen LogP contribution in [0.5, 0.6) is 0 Å². The molecule has 0 spiro atoms. The number of halogens is 1. The van der Waals surface area contributed by atoms with Crippen LogP contribution in [0.4, 0.5) is 10.2 Å². The molecule has 0 radical (unpaired) electrons. The fraction of sp³-hybridized carbons (Fsp3) is 0.143. The molecule has 0 amide bonds. The van der Waals surface area contributed by atoms with Crippen molar-refractivity contribution in [1.29, 1.82) is 0 Å². The molecule has 0 aliphatic carbocycles. The summed E-state index contributed by atoms with van der Waals surface area (Å²) in [5, 5.41) is 8.54. The smallest absolute Gasteiger partial charge is 0.159 e. The van der Waals surface area contributed by atoms with E-state index in [0.29, 0.717) is 17.2 Å². The highest BCUT2D eigenvalue weighted by Crippen LogP contribution is 2.32. The quantitative estimate of drug-likeness (QED) is 0.298. The standard InChI is InChI=1S/C28H25FN8/c1-3-5-21(17-6-4-7-19(29)10-17)26-16(2)32-28(34-26)27-22-11-18(8-9-23(22)35-36-27)24-12-31-13-25(33-24)37-14-20(30)15-37/h3-13,20H,1,14-15,30H2,2H3,(H,32,34)(H,35,36)/b21-5-. The molecule has 4 N–H and O–H groups in total. The maximum Gasteiger partial charge on any atom is 0.159 e. The molecule has 0 saturated carbocycles. The molecule has 1 aliphatic heterocycles. The summed E-state index contributed by atoms with van der Waals surface area (Å²) >= 11 is 0. The molecule has 5 aromatic rings. The Bertz CT molecular complexity index is 1660. The molecule has 3 aromatic heterocycles. The first-order valence-corrected chi connectivity index (χ1v) is 12.0. The SMILES string of the molecule is C=C/C=C(/c1cccc(F)c1)c1nc(-c2n[nH]c3ccc(-c4cncc(N5CC(N)C5)n4)cc23)[nH]c1C. The zero-order valence-corrected chi connectivity index (χ0v) is 20.2. The van der Waals surface area contributed by atoms with Crippen molar-refractivity contribution in [2.24, 2.45) is 5.73 Å². The first-order valence-electron chi connectivity index (χ1n) is 12.0. The zero-order chi connectivity index (χ0) is 25.5. The lowest BCUT2D eigenvalue weighted by molar-refractivity contribution is 0.514. The van der Waals surface area contributed by atoms with Gasteiger partial charge in [0.2, 0.25) is 0 Å². The van der Waals surface area contributed by atoms with E-state index in [1.165, 1.54) is 12.1 Å². The van der Waals surface area contributed by atoms with Crippen molar-refractivity contribution in [3.8, 4) is 22.8 Å². The Balaban J connectivity index is 1.39. The van der Waals surface area contributed by atoms with Gasteiger partial charge in [0.25, 0.3) is 0 Å². The first kappa shape index (κ1) is 22.8. The van der Waals surface area contributed by atoms with Gasteiger partial charge in [-0.25, -0.2) is 14.4 Å². The lowest BCUT2D eigenvalue weighted by atomic mass is 10.0. The van der Waals surface area contributed by atoms with E-state index in [2.05, 4.69) is 31.6 Å². The van der Waals surface area contributed by atoms with Gasteiger partial charge in [-0.3, -0.25) is 10.1 Å². The van der Waals surface area contributed by atoms with E-state index < -0.39 is 0 Å². The molecule has 6 rings (SSSR count). The molecule has 4 heterocycles. The van der Waals surface area contributed by atoms with Gasteiger partial charge in [0.15, 0.2) is 5.82 Å². The number of allylic oxidation sites excluding steroid dienone is 2. The van der Waals surface area contributed by atoms with Crippen molar-refractivity contribution in [3.05, 3.63) is 96.4 Å². The Hall–Kier alpha value is -4.63. The number of benzene rings is 2. The summed E-state index contributed by atoms with van der Waals surface area (Å²) in [6, 6.07) is 12.6. The van der Waals surface area contributed by atoms with Crippen molar-refractivity contribution in [2.45, 2.75) is 13.0 Å². The summed E-state index contributed by atoms with van der Waals surface area (Å²) in [6.45, 7) is 7.32. The fourth-order valence-electron chi connectivity index (χ4n) is 4.62. The molecule has 184 valence electrons. The van der Waals surface area contributed by atoms with E-state index in [0.717, 1.165) is 57.9 Å². The lowest BCUT2D eigenvalue weighted by Gasteiger charge is -2.37. The Kier molecular flexibility index (Phi) is 5.61. The van der Waals surface area contributed by atoms with Gasteiger partial charge in [-0.15, -0.1) is 0 Å². The van der Waals surface area contributed by atoms with Crippen LogP contribution < -0.4 is 10.6 Å². The van der Waals surface area contributed by atoms with Crippen LogP contribution >= 0.6 is 0 Å². The van der Waals surface area contributed by atoms with Gasteiger partial charge in [-0.1, -0.05) is 36.9 Å². The molecule has 2 aromatic carbocycles. The van der Waals surface area contributed by atoms with Gasteiger partial charge >= 0.3 is 0 Å². The molecular weight excluding hydrogens is 467 g/mol. The third kappa shape index (κ3) is 4.19. The number of anilines is 1. The summed E-state index contributed by atoms with van der Waals surface area (Å²) in [4.78, 5) is 19.5. The minimum absolute atomic E-state index is 0.180. The van der Waals surface area contributed by atoms with Crippen LogP contribution in [0, 0.1) is 12.7 Å². The number of nitrogens with zero attached hydrogens (tertiary/aromatic N) is 5.